The van der Waals surface area contributed by atoms with Crippen molar-refractivity contribution in [1.82, 2.24) is 4.98 Å². The van der Waals surface area contributed by atoms with E-state index in [1.807, 2.05) is 0 Å². The Labute approximate surface area is 124 Å². The maximum Gasteiger partial charge on any atom is 0.339 e. The molecule has 0 bridgehead atoms. The molecular weight excluding hydrogens is 293 g/mol. The fraction of sp³-hybridized carbons (Fsp3) is 0.143. The van der Waals surface area contributed by atoms with E-state index in [1.54, 1.807) is 18.2 Å². The number of benzene rings is 1. The number of ether oxygens (including phenoxy) is 1. The first-order valence-electron chi connectivity index (χ1n) is 6.23. The van der Waals surface area contributed by atoms with Gasteiger partial charge in [0, 0.05) is 24.4 Å². The number of nitro groups is 1. The van der Waals surface area contributed by atoms with Crippen LogP contribution >= 0.6 is 0 Å². The third-order valence-electron chi connectivity index (χ3n) is 2.89. The van der Waals surface area contributed by atoms with Gasteiger partial charge in [-0.3, -0.25) is 10.1 Å². The Morgan fingerprint density at radius 1 is 1.45 bits per heavy atom. The molecule has 114 valence electrons. The Balaban J connectivity index is 2.25. The van der Waals surface area contributed by atoms with Crippen molar-refractivity contribution in [2.75, 3.05) is 12.4 Å². The molecule has 0 aliphatic heterocycles. The van der Waals surface area contributed by atoms with Crippen LogP contribution < -0.4 is 5.32 Å². The van der Waals surface area contributed by atoms with E-state index < -0.39 is 16.7 Å². The van der Waals surface area contributed by atoms with Crippen molar-refractivity contribution in [3.8, 4) is 0 Å². The van der Waals surface area contributed by atoms with Gasteiger partial charge in [-0.25, -0.2) is 14.2 Å². The highest BCUT2D eigenvalue weighted by atomic mass is 19.1. The molecule has 0 fully saturated rings. The van der Waals surface area contributed by atoms with Crippen molar-refractivity contribution in [2.24, 2.45) is 0 Å². The summed E-state index contributed by atoms with van der Waals surface area (Å²) in [7, 11) is 1.17. The van der Waals surface area contributed by atoms with Crippen molar-refractivity contribution in [3.63, 3.8) is 0 Å². The second kappa shape index (κ2) is 6.61. The molecule has 1 aromatic heterocycles. The standard InChI is InChI=1S/C14H12FN3O4/c1-22-14(19)10-6-12(18(20)21)13(17-8-10)16-7-9-4-2-3-5-11(9)15/h2-6,8H,7H2,1H3,(H,16,17). The number of hydrogen-bond acceptors (Lipinski definition) is 6. The highest BCUT2D eigenvalue weighted by molar-refractivity contribution is 5.90. The van der Waals surface area contributed by atoms with Crippen molar-refractivity contribution >= 4 is 17.5 Å². The lowest BCUT2D eigenvalue weighted by molar-refractivity contribution is -0.384. The van der Waals surface area contributed by atoms with Crippen molar-refractivity contribution < 1.29 is 18.8 Å². The van der Waals surface area contributed by atoms with Crippen LogP contribution in [0.3, 0.4) is 0 Å². The van der Waals surface area contributed by atoms with E-state index in [1.165, 1.54) is 13.2 Å². The molecule has 22 heavy (non-hydrogen) atoms. The molecule has 0 saturated carbocycles. The van der Waals surface area contributed by atoms with Gasteiger partial charge in [0.1, 0.15) is 5.82 Å². The van der Waals surface area contributed by atoms with Crippen LogP contribution in [0.1, 0.15) is 15.9 Å². The molecule has 7 nitrogen and oxygen atoms in total. The molecule has 2 rings (SSSR count). The van der Waals surface area contributed by atoms with Crippen molar-refractivity contribution in [1.29, 1.82) is 0 Å². The lowest BCUT2D eigenvalue weighted by Crippen LogP contribution is -2.09. The summed E-state index contributed by atoms with van der Waals surface area (Å²) in [5.74, 6) is -1.21. The fourth-order valence-corrected chi connectivity index (χ4v) is 1.78. The van der Waals surface area contributed by atoms with Gasteiger partial charge in [0.05, 0.1) is 17.6 Å². The second-order valence-electron chi connectivity index (χ2n) is 4.29. The Bertz CT molecular complexity index is 721. The third kappa shape index (κ3) is 3.35. The van der Waals surface area contributed by atoms with Gasteiger partial charge in [-0.05, 0) is 6.07 Å². The summed E-state index contributed by atoms with van der Waals surface area (Å²) in [6.45, 7) is 0.0259. The number of carbonyl (C=O) groups is 1. The predicted octanol–water partition coefficient (Wildman–Crippen LogP) is 2.53. The molecule has 0 spiro atoms. The lowest BCUT2D eigenvalue weighted by Gasteiger charge is -2.08. The quantitative estimate of drug-likeness (QED) is 0.518. The van der Waals surface area contributed by atoms with Crippen LogP contribution in [0.5, 0.6) is 0 Å². The minimum absolute atomic E-state index is 0.0259. The largest absolute Gasteiger partial charge is 0.465 e. The normalized spacial score (nSPS) is 10.1. The third-order valence-corrected chi connectivity index (χ3v) is 2.89. The smallest absolute Gasteiger partial charge is 0.339 e. The number of carbonyl (C=O) groups excluding carboxylic acids is 1. The molecule has 2 aromatic rings. The maximum absolute atomic E-state index is 13.5. The Morgan fingerprint density at radius 3 is 2.82 bits per heavy atom. The van der Waals surface area contributed by atoms with Crippen LogP contribution in [-0.2, 0) is 11.3 Å². The topological polar surface area (TPSA) is 94.4 Å². The summed E-state index contributed by atoms with van der Waals surface area (Å²) >= 11 is 0. The SMILES string of the molecule is COC(=O)c1cnc(NCc2ccccc2F)c([N+](=O)[O-])c1. The summed E-state index contributed by atoms with van der Waals surface area (Å²) in [6.07, 6.45) is 1.16. The monoisotopic (exact) mass is 305 g/mol. The predicted molar refractivity (Wildman–Crippen MR) is 76.0 cm³/mol. The number of nitrogens with zero attached hydrogens (tertiary/aromatic N) is 2. The summed E-state index contributed by atoms with van der Waals surface area (Å²) in [5, 5.41) is 13.8. The van der Waals surface area contributed by atoms with Crippen LogP contribution in [0.4, 0.5) is 15.9 Å². The Hall–Kier alpha value is -3.03. The zero-order chi connectivity index (χ0) is 16.1. The molecule has 0 atom stereocenters. The average Bonchev–Trinajstić information content (AvgIpc) is 2.53. The Kier molecular flexibility index (Phi) is 4.62. The van der Waals surface area contributed by atoms with Crippen LogP contribution in [0.2, 0.25) is 0 Å². The number of aromatic nitrogens is 1. The highest BCUT2D eigenvalue weighted by Crippen LogP contribution is 2.24. The molecule has 0 aliphatic carbocycles. The van der Waals surface area contributed by atoms with Gasteiger partial charge in [-0.2, -0.15) is 0 Å². The van der Waals surface area contributed by atoms with Gasteiger partial charge < -0.3 is 10.1 Å². The van der Waals surface area contributed by atoms with E-state index >= 15 is 0 Å². The average molecular weight is 305 g/mol. The molecule has 0 saturated heterocycles. The number of anilines is 1. The zero-order valence-corrected chi connectivity index (χ0v) is 11.6. The molecule has 1 heterocycles. The number of hydrogen-bond donors (Lipinski definition) is 1. The minimum Gasteiger partial charge on any atom is -0.465 e. The summed E-state index contributed by atoms with van der Waals surface area (Å²) in [4.78, 5) is 25.6. The molecule has 1 N–H and O–H groups in total. The summed E-state index contributed by atoms with van der Waals surface area (Å²) in [6, 6.07) is 7.10. The van der Waals surface area contributed by atoms with Gasteiger partial charge in [-0.15, -0.1) is 0 Å². The van der Waals surface area contributed by atoms with Gasteiger partial charge in [0.25, 0.3) is 0 Å². The van der Waals surface area contributed by atoms with Gasteiger partial charge in [0.2, 0.25) is 5.82 Å². The number of rotatable bonds is 5. The Morgan fingerprint density at radius 2 is 2.18 bits per heavy atom. The van der Waals surface area contributed by atoms with Gasteiger partial charge >= 0.3 is 11.7 Å². The van der Waals surface area contributed by atoms with Crippen LogP contribution in [0, 0.1) is 15.9 Å². The molecule has 0 amide bonds. The van der Waals surface area contributed by atoms with E-state index in [0.29, 0.717) is 5.56 Å². The molecule has 0 unspecified atom stereocenters. The fourth-order valence-electron chi connectivity index (χ4n) is 1.78. The molecule has 0 radical (unpaired) electrons. The number of pyridine rings is 1. The summed E-state index contributed by atoms with van der Waals surface area (Å²) < 4.78 is 18.0. The number of esters is 1. The first-order valence-corrected chi connectivity index (χ1v) is 6.23. The molecule has 8 heteroatoms. The number of methoxy groups -OCH3 is 1. The van der Waals surface area contributed by atoms with E-state index in [4.69, 9.17) is 0 Å². The maximum atomic E-state index is 13.5. The second-order valence-corrected chi connectivity index (χ2v) is 4.29. The molecule has 0 aliphatic rings. The zero-order valence-electron chi connectivity index (χ0n) is 11.6. The number of halogens is 1. The molecular formula is C14H12FN3O4. The van der Waals surface area contributed by atoms with Gasteiger partial charge in [0.15, 0.2) is 0 Å². The molecule has 1 aromatic carbocycles. The highest BCUT2D eigenvalue weighted by Gasteiger charge is 2.19. The first kappa shape index (κ1) is 15.4. The summed E-state index contributed by atoms with van der Waals surface area (Å²) in [5.41, 5.74) is -0.0828. The minimum atomic E-state index is -0.726. The van der Waals surface area contributed by atoms with Crippen molar-refractivity contribution in [2.45, 2.75) is 6.54 Å². The van der Waals surface area contributed by atoms with Crippen LogP contribution in [0.25, 0.3) is 0 Å². The van der Waals surface area contributed by atoms with E-state index in [-0.39, 0.29) is 23.6 Å². The van der Waals surface area contributed by atoms with E-state index in [0.717, 1.165) is 12.3 Å². The van der Waals surface area contributed by atoms with Crippen molar-refractivity contribution in [3.05, 3.63) is 63.6 Å². The van der Waals surface area contributed by atoms with Crippen LogP contribution in [0.15, 0.2) is 36.5 Å². The number of nitrogens with one attached hydrogen (secondary N) is 1. The van der Waals surface area contributed by atoms with Gasteiger partial charge in [-0.1, -0.05) is 18.2 Å². The van der Waals surface area contributed by atoms with E-state index in [9.17, 15) is 19.3 Å². The van der Waals surface area contributed by atoms with Crippen LogP contribution in [-0.4, -0.2) is 23.0 Å². The first-order chi connectivity index (χ1) is 10.5. The lowest BCUT2D eigenvalue weighted by atomic mass is 10.2. The van der Waals surface area contributed by atoms with E-state index in [2.05, 4.69) is 15.0 Å².